The molecule has 0 aromatic carbocycles. The fourth-order valence-electron chi connectivity index (χ4n) is 0.822. The first kappa shape index (κ1) is 8.51. The quantitative estimate of drug-likeness (QED) is 0.266. The number of carbonyl (C=O) groups is 2. The van der Waals surface area contributed by atoms with Crippen molar-refractivity contribution in [3.05, 3.63) is 0 Å². The maximum absolute atomic E-state index is 10.6. The molecule has 0 aliphatic carbocycles. The van der Waals surface area contributed by atoms with Gasteiger partial charge in [0.15, 0.2) is 0 Å². The molecule has 6 heteroatoms. The molecule has 0 spiro atoms. The van der Waals surface area contributed by atoms with Crippen molar-refractivity contribution in [2.24, 2.45) is 5.16 Å². The number of hydrogen-bond acceptors (Lipinski definition) is 5. The summed E-state index contributed by atoms with van der Waals surface area (Å²) in [7, 11) is 1.26. The summed E-state index contributed by atoms with van der Waals surface area (Å²) in [6.45, 7) is 1.35. The Morgan fingerprint density at radius 1 is 1.75 bits per heavy atom. The average Bonchev–Trinajstić information content (AvgIpc) is 2.63. The zero-order valence-electron chi connectivity index (χ0n) is 6.53. The molecular weight excluding hydrogens is 166 g/mol. The summed E-state index contributed by atoms with van der Waals surface area (Å²) in [5.41, 5.74) is -1.89. The molecule has 12 heavy (non-hydrogen) atoms. The van der Waals surface area contributed by atoms with E-state index in [0.717, 1.165) is 0 Å². The molecule has 1 N–H and O–H groups in total. The van der Waals surface area contributed by atoms with Crippen LogP contribution in [0.4, 0.5) is 0 Å². The smallest absolute Gasteiger partial charge is 0.371 e. The SMILES string of the molecule is CON=C(C)C1(C(=O)O)OC1=O. The van der Waals surface area contributed by atoms with Crippen LogP contribution >= 0.6 is 0 Å². The predicted octanol–water partition coefficient (Wildman–Crippen LogP) is -0.611. The lowest BCUT2D eigenvalue weighted by Gasteiger charge is -1.99. The van der Waals surface area contributed by atoms with Crippen molar-refractivity contribution >= 4 is 17.7 Å². The highest BCUT2D eigenvalue weighted by molar-refractivity contribution is 6.32. The molecule has 0 amide bonds. The largest absolute Gasteiger partial charge is 0.478 e. The molecule has 66 valence electrons. The molecule has 0 radical (unpaired) electrons. The number of cyclic esters (lactones) is 1. The number of nitrogens with zero attached hydrogens (tertiary/aromatic N) is 1. The second kappa shape index (κ2) is 2.47. The van der Waals surface area contributed by atoms with Gasteiger partial charge in [-0.05, 0) is 6.92 Å². The molecule has 0 aromatic heterocycles. The minimum atomic E-state index is -1.88. The minimum absolute atomic E-state index is 0.0116. The lowest BCUT2D eigenvalue weighted by atomic mass is 10.1. The Kier molecular flexibility index (Phi) is 1.75. The Morgan fingerprint density at radius 2 is 2.25 bits per heavy atom. The number of carbonyl (C=O) groups excluding carboxylic acids is 1. The van der Waals surface area contributed by atoms with Gasteiger partial charge in [0.2, 0.25) is 0 Å². The Hall–Kier alpha value is -1.59. The lowest BCUT2D eigenvalue weighted by Crippen LogP contribution is -2.33. The van der Waals surface area contributed by atoms with Crippen molar-refractivity contribution in [2.75, 3.05) is 7.11 Å². The molecule has 1 aliphatic rings. The first-order valence-corrected chi connectivity index (χ1v) is 3.10. The second-order valence-corrected chi connectivity index (χ2v) is 2.24. The number of carboxylic acids is 1. The molecule has 1 rings (SSSR count). The van der Waals surface area contributed by atoms with Crippen molar-refractivity contribution in [1.82, 2.24) is 0 Å². The van der Waals surface area contributed by atoms with Crippen LogP contribution < -0.4 is 0 Å². The van der Waals surface area contributed by atoms with Gasteiger partial charge < -0.3 is 14.7 Å². The van der Waals surface area contributed by atoms with Gasteiger partial charge in [0.25, 0.3) is 0 Å². The van der Waals surface area contributed by atoms with Gasteiger partial charge in [0.1, 0.15) is 12.8 Å². The lowest BCUT2D eigenvalue weighted by molar-refractivity contribution is -0.140. The van der Waals surface area contributed by atoms with Crippen LogP contribution in [-0.4, -0.2) is 35.5 Å². The van der Waals surface area contributed by atoms with Crippen LogP contribution in [0, 0.1) is 0 Å². The van der Waals surface area contributed by atoms with Crippen molar-refractivity contribution in [3.8, 4) is 0 Å². The summed E-state index contributed by atoms with van der Waals surface area (Å²) in [6.07, 6.45) is 0. The Morgan fingerprint density at radius 3 is 2.50 bits per heavy atom. The van der Waals surface area contributed by atoms with Gasteiger partial charge in [0, 0.05) is 0 Å². The molecule has 0 saturated carbocycles. The highest BCUT2D eigenvalue weighted by Gasteiger charge is 2.68. The molecular formula is C6H7NO5. The van der Waals surface area contributed by atoms with Crippen LogP contribution in [-0.2, 0) is 19.2 Å². The average molecular weight is 173 g/mol. The maximum atomic E-state index is 10.6. The monoisotopic (exact) mass is 173 g/mol. The van der Waals surface area contributed by atoms with E-state index in [0.29, 0.717) is 0 Å². The van der Waals surface area contributed by atoms with E-state index in [9.17, 15) is 9.59 Å². The molecule has 1 atom stereocenters. The standard InChI is InChI=1S/C6H7NO5/c1-3(7-11-2)6(4(8)9)5(10)12-6/h1-2H3,(H,8,9). The summed E-state index contributed by atoms with van der Waals surface area (Å²) in [4.78, 5) is 25.5. The van der Waals surface area contributed by atoms with E-state index in [1.807, 2.05) is 0 Å². The summed E-state index contributed by atoms with van der Waals surface area (Å²) in [6, 6.07) is 0. The Balaban J connectivity index is 2.91. The first-order valence-electron chi connectivity index (χ1n) is 3.10. The second-order valence-electron chi connectivity index (χ2n) is 2.24. The van der Waals surface area contributed by atoms with Gasteiger partial charge in [0.05, 0.1) is 0 Å². The van der Waals surface area contributed by atoms with E-state index in [1.54, 1.807) is 0 Å². The van der Waals surface area contributed by atoms with Gasteiger partial charge in [-0.2, -0.15) is 0 Å². The van der Waals surface area contributed by atoms with Crippen molar-refractivity contribution in [3.63, 3.8) is 0 Å². The Labute approximate surface area is 67.8 Å². The summed E-state index contributed by atoms with van der Waals surface area (Å²) in [5, 5.41) is 11.9. The number of carboxylic acid groups (broad SMARTS) is 1. The molecule has 0 bridgehead atoms. The molecule has 1 fully saturated rings. The minimum Gasteiger partial charge on any atom is -0.478 e. The third-order valence-corrected chi connectivity index (χ3v) is 1.53. The highest BCUT2D eigenvalue weighted by atomic mass is 16.7. The molecule has 1 heterocycles. The Bertz CT molecular complexity index is 271. The molecule has 0 aromatic rings. The fourth-order valence-corrected chi connectivity index (χ4v) is 0.822. The van der Waals surface area contributed by atoms with Crippen LogP contribution in [0.2, 0.25) is 0 Å². The zero-order valence-corrected chi connectivity index (χ0v) is 6.53. The van der Waals surface area contributed by atoms with Crippen molar-refractivity contribution in [1.29, 1.82) is 0 Å². The summed E-state index contributed by atoms with van der Waals surface area (Å²) < 4.78 is 4.33. The van der Waals surface area contributed by atoms with E-state index in [4.69, 9.17) is 5.11 Å². The molecule has 6 nitrogen and oxygen atoms in total. The van der Waals surface area contributed by atoms with Crippen molar-refractivity contribution < 1.29 is 24.3 Å². The van der Waals surface area contributed by atoms with Gasteiger partial charge in [-0.25, -0.2) is 9.59 Å². The van der Waals surface area contributed by atoms with Gasteiger partial charge >= 0.3 is 17.5 Å². The van der Waals surface area contributed by atoms with Crippen LogP contribution in [0.1, 0.15) is 6.92 Å². The van der Waals surface area contributed by atoms with Crippen molar-refractivity contribution in [2.45, 2.75) is 12.5 Å². The summed E-state index contributed by atoms with van der Waals surface area (Å²) in [5.74, 6) is -2.18. The molecule has 1 unspecified atom stereocenters. The highest BCUT2D eigenvalue weighted by Crippen LogP contribution is 2.31. The van der Waals surface area contributed by atoms with Gasteiger partial charge in [-0.3, -0.25) is 0 Å². The van der Waals surface area contributed by atoms with Crippen LogP contribution in [0.25, 0.3) is 0 Å². The maximum Gasteiger partial charge on any atom is 0.371 e. The van der Waals surface area contributed by atoms with Crippen LogP contribution in [0.15, 0.2) is 5.16 Å². The van der Waals surface area contributed by atoms with E-state index in [1.165, 1.54) is 14.0 Å². The van der Waals surface area contributed by atoms with Crippen LogP contribution in [0.5, 0.6) is 0 Å². The van der Waals surface area contributed by atoms with Crippen LogP contribution in [0.3, 0.4) is 0 Å². The normalized spacial score (nSPS) is 27.8. The fraction of sp³-hybridized carbons (Fsp3) is 0.500. The van der Waals surface area contributed by atoms with Gasteiger partial charge in [-0.1, -0.05) is 5.16 Å². The van der Waals surface area contributed by atoms with E-state index >= 15 is 0 Å². The zero-order chi connectivity index (χ0) is 9.35. The third kappa shape index (κ3) is 0.919. The summed E-state index contributed by atoms with van der Waals surface area (Å²) >= 11 is 0. The van der Waals surface area contributed by atoms with E-state index in [-0.39, 0.29) is 5.71 Å². The molecule has 1 saturated heterocycles. The number of oxime groups is 1. The number of epoxide rings is 1. The molecule has 1 aliphatic heterocycles. The number of rotatable bonds is 3. The van der Waals surface area contributed by atoms with E-state index < -0.39 is 17.5 Å². The van der Waals surface area contributed by atoms with E-state index in [2.05, 4.69) is 14.7 Å². The third-order valence-electron chi connectivity index (χ3n) is 1.53. The number of hydrogen-bond donors (Lipinski definition) is 1. The number of ether oxygens (including phenoxy) is 1. The first-order chi connectivity index (χ1) is 5.55. The number of aliphatic carboxylic acids is 1. The predicted molar refractivity (Wildman–Crippen MR) is 36.6 cm³/mol. The topological polar surface area (TPSA) is 88.5 Å². The van der Waals surface area contributed by atoms with Gasteiger partial charge in [-0.15, -0.1) is 0 Å².